The quantitative estimate of drug-likeness (QED) is 0.0383. The first kappa shape index (κ1) is 46.7. The Hall–Kier alpha value is 2.69. The summed E-state index contributed by atoms with van der Waals surface area (Å²) in [6, 6.07) is 0. The summed E-state index contributed by atoms with van der Waals surface area (Å²) < 4.78 is 22.5. The second-order valence-corrected chi connectivity index (χ2v) is 22.6. The highest BCUT2D eigenvalue weighted by atomic mass is 32.3. The molecule has 1 unspecified atom stereocenters. The van der Waals surface area contributed by atoms with Gasteiger partial charge in [0.25, 0.3) is 0 Å². The molecule has 0 heterocycles. The summed E-state index contributed by atoms with van der Waals surface area (Å²) in [5, 5.41) is 20.5. The maximum absolute atomic E-state index is 12.2. The maximum atomic E-state index is 12.2. The van der Waals surface area contributed by atoms with Crippen LogP contribution in [0.25, 0.3) is 0 Å². The Bertz CT molecular complexity index is 687. The monoisotopic (exact) mass is 844 g/mol. The van der Waals surface area contributed by atoms with Gasteiger partial charge >= 0.3 is 11.9 Å². The molecule has 260 valence electrons. The fourth-order valence-corrected chi connectivity index (χ4v) is 14.3. The zero-order valence-corrected chi connectivity index (χ0v) is 34.4. The van der Waals surface area contributed by atoms with Gasteiger partial charge in [-0.2, -0.15) is 23.5 Å². The molecule has 44 heavy (non-hydrogen) atoms. The molecule has 0 spiro atoms. The minimum atomic E-state index is -0.833. The molecule has 8 nitrogen and oxygen atoms in total. The summed E-state index contributed by atoms with van der Waals surface area (Å²) >= 11 is 16.6. The largest absolute Gasteiger partial charge is 0.616 e. The van der Waals surface area contributed by atoms with Gasteiger partial charge in [-0.1, -0.05) is 11.8 Å². The Labute approximate surface area is 313 Å². The van der Waals surface area contributed by atoms with Gasteiger partial charge in [0.05, 0.1) is 30.5 Å². The number of ether oxygens (including phenoxy) is 2. The minimum Gasteiger partial charge on any atom is -0.616 e. The number of carbonyl (C=O) groups is 3. The highest BCUT2D eigenvalue weighted by molar-refractivity contribution is 8.25. The highest BCUT2D eigenvalue weighted by Gasteiger charge is 2.08. The lowest BCUT2D eigenvalue weighted by molar-refractivity contribution is -0.139. The molecule has 0 radical (unpaired) electrons. The lowest BCUT2D eigenvalue weighted by Gasteiger charge is -2.10. The molecular formula is C24H44O8S12. The number of aliphatic hydroxyl groups excluding tert-OH is 2. The van der Waals surface area contributed by atoms with Crippen molar-refractivity contribution in [2.45, 2.75) is 0 Å². The van der Waals surface area contributed by atoms with E-state index in [0.717, 1.165) is 55.5 Å². The fraction of sp³-hybridized carbons (Fsp3) is 0.875. The van der Waals surface area contributed by atoms with Crippen molar-refractivity contribution in [3.8, 4) is 0 Å². The van der Waals surface area contributed by atoms with E-state index in [2.05, 4.69) is 0 Å². The fourth-order valence-electron chi connectivity index (χ4n) is 2.22. The van der Waals surface area contributed by atoms with E-state index in [4.69, 9.17) is 19.7 Å². The molecule has 0 bridgehead atoms. The first-order valence-electron chi connectivity index (χ1n) is 13.3. The lowest BCUT2D eigenvalue weighted by Crippen LogP contribution is -2.12. The second-order valence-electron chi connectivity index (χ2n) is 7.66. The van der Waals surface area contributed by atoms with Crippen LogP contribution in [0.2, 0.25) is 0 Å². The van der Waals surface area contributed by atoms with Crippen LogP contribution in [0.5, 0.6) is 0 Å². The van der Waals surface area contributed by atoms with Crippen LogP contribution in [0.1, 0.15) is 0 Å². The Morgan fingerprint density at radius 3 is 1.59 bits per heavy atom. The van der Waals surface area contributed by atoms with Crippen molar-refractivity contribution in [2.24, 2.45) is 0 Å². The smallest absolute Gasteiger partial charge is 0.316 e. The zero-order valence-electron chi connectivity index (χ0n) is 24.6. The van der Waals surface area contributed by atoms with Crippen LogP contribution in [0.4, 0.5) is 0 Å². The molecule has 20 heteroatoms. The predicted octanol–water partition coefficient (Wildman–Crippen LogP) is 5.14. The summed E-state index contributed by atoms with van der Waals surface area (Å²) in [5.41, 5.74) is 0. The Morgan fingerprint density at radius 2 is 1.02 bits per heavy atom. The van der Waals surface area contributed by atoms with Gasteiger partial charge in [0.1, 0.15) is 17.6 Å². The lowest BCUT2D eigenvalue weighted by atomic mass is 10.8. The van der Waals surface area contributed by atoms with Gasteiger partial charge in [0.15, 0.2) is 10.2 Å². The average molecular weight is 845 g/mol. The molecule has 0 aliphatic rings. The van der Waals surface area contributed by atoms with Crippen molar-refractivity contribution in [2.75, 3.05) is 120 Å². The summed E-state index contributed by atoms with van der Waals surface area (Å²) in [6.07, 6.45) is 0. The standard InChI is InChI=1S/C24H44O8S12/c25-1-3-37-18-41-16-31-22(27)13-34-6-5-33-11-12-44(30)21-40-10-9-39-20-43-24(29)15-36-8-7-35-14-23(28)32-17-42-19-38-4-2-26/h25-26H,1-21H2. The van der Waals surface area contributed by atoms with Crippen molar-refractivity contribution in [1.29, 1.82) is 0 Å². The van der Waals surface area contributed by atoms with Crippen LogP contribution in [0.15, 0.2) is 0 Å². The molecule has 0 fully saturated rings. The molecule has 0 amide bonds. The van der Waals surface area contributed by atoms with E-state index in [1.165, 1.54) is 47.0 Å². The van der Waals surface area contributed by atoms with Crippen molar-refractivity contribution < 1.29 is 38.6 Å². The molecule has 2 N–H and O–H groups in total. The highest BCUT2D eigenvalue weighted by Crippen LogP contribution is 2.19. The molecule has 0 rings (SSSR count). The van der Waals surface area contributed by atoms with E-state index >= 15 is 0 Å². The summed E-state index contributed by atoms with van der Waals surface area (Å²) in [4.78, 5) is 35.3. The first-order chi connectivity index (χ1) is 21.5. The van der Waals surface area contributed by atoms with Gasteiger partial charge in [-0.3, -0.25) is 14.4 Å². The molecular weight excluding hydrogens is 801 g/mol. The normalized spacial score (nSPS) is 11.9. The number of rotatable bonds is 34. The first-order valence-corrected chi connectivity index (χ1v) is 27.3. The summed E-state index contributed by atoms with van der Waals surface area (Å²) in [6.45, 7) is 0.328. The molecule has 0 aliphatic heterocycles. The van der Waals surface area contributed by atoms with Crippen LogP contribution in [-0.4, -0.2) is 152 Å². The predicted molar refractivity (Wildman–Crippen MR) is 215 cm³/mol. The van der Waals surface area contributed by atoms with E-state index in [1.807, 2.05) is 0 Å². The third kappa shape index (κ3) is 37.5. The van der Waals surface area contributed by atoms with E-state index in [0.29, 0.717) is 51.5 Å². The Balaban J connectivity index is 3.38. The van der Waals surface area contributed by atoms with Crippen molar-refractivity contribution in [3.63, 3.8) is 0 Å². The number of hydrogen-bond donors (Lipinski definition) is 2. The van der Waals surface area contributed by atoms with Crippen LogP contribution in [-0.2, 0) is 35.0 Å². The van der Waals surface area contributed by atoms with Gasteiger partial charge < -0.3 is 24.2 Å². The number of thioether (sulfide) groups is 11. The van der Waals surface area contributed by atoms with Crippen LogP contribution >= 0.6 is 129 Å². The average Bonchev–Trinajstić information content (AvgIpc) is 3.01. The molecule has 1 atom stereocenters. The van der Waals surface area contributed by atoms with Crippen LogP contribution in [0.3, 0.4) is 0 Å². The molecule has 0 aliphatic carbocycles. The van der Waals surface area contributed by atoms with E-state index < -0.39 is 11.2 Å². The third-order valence-electron chi connectivity index (χ3n) is 4.16. The number of aliphatic hydroxyl groups is 2. The number of hydrogen-bond acceptors (Lipinski definition) is 19. The minimum absolute atomic E-state index is 0.162. The van der Waals surface area contributed by atoms with E-state index in [1.54, 1.807) is 82.3 Å². The maximum Gasteiger partial charge on any atom is 0.316 e. The van der Waals surface area contributed by atoms with Crippen molar-refractivity contribution in [3.05, 3.63) is 0 Å². The second kappa shape index (κ2) is 38.5. The molecule has 0 aromatic rings. The van der Waals surface area contributed by atoms with Gasteiger partial charge in [-0.05, 0) is 11.2 Å². The van der Waals surface area contributed by atoms with E-state index in [9.17, 15) is 18.9 Å². The summed E-state index contributed by atoms with van der Waals surface area (Å²) in [5.74, 6) is 9.59. The van der Waals surface area contributed by atoms with Gasteiger partial charge in [-0.25, -0.2) is 0 Å². The molecule has 0 aromatic carbocycles. The SMILES string of the molecule is O=C(CSCCSCC[S+]([O-])CSCCSCSC(=O)CSCCSCC(=O)OCSCSCCO)OCSCSCCO. The third-order valence-corrected chi connectivity index (χ3v) is 18.3. The number of esters is 2. The van der Waals surface area contributed by atoms with Crippen LogP contribution < -0.4 is 0 Å². The number of carbonyl (C=O) groups excluding carboxylic acids is 3. The van der Waals surface area contributed by atoms with E-state index in [-0.39, 0.29) is 30.3 Å². The Morgan fingerprint density at radius 1 is 0.545 bits per heavy atom. The van der Waals surface area contributed by atoms with Gasteiger partial charge in [-0.15, -0.1) is 94.1 Å². The topological polar surface area (TPSA) is 133 Å². The van der Waals surface area contributed by atoms with Crippen LogP contribution in [0, 0.1) is 0 Å². The Kier molecular flexibility index (Phi) is 40.8. The van der Waals surface area contributed by atoms with Crippen molar-refractivity contribution >= 4 is 158 Å². The molecule has 0 aromatic heterocycles. The molecule has 0 saturated carbocycles. The summed E-state index contributed by atoms with van der Waals surface area (Å²) in [7, 11) is 0. The zero-order chi connectivity index (χ0) is 32.4. The van der Waals surface area contributed by atoms with Crippen molar-refractivity contribution in [1.82, 2.24) is 0 Å². The van der Waals surface area contributed by atoms with Gasteiger partial charge in [0, 0.05) is 67.0 Å². The molecule has 0 saturated heterocycles. The van der Waals surface area contributed by atoms with Gasteiger partial charge in [0.2, 0.25) is 0 Å².